The fourth-order valence-electron chi connectivity index (χ4n) is 2.87. The number of furan rings is 1. The number of carboxylic acid groups (broad SMARTS) is 1. The van der Waals surface area contributed by atoms with Crippen LogP contribution in [-0.4, -0.2) is 16.1 Å². The van der Waals surface area contributed by atoms with Crippen molar-refractivity contribution in [3.63, 3.8) is 0 Å². The lowest BCUT2D eigenvalue weighted by atomic mass is 10.0. The normalized spacial score (nSPS) is 10.5. The van der Waals surface area contributed by atoms with Crippen molar-refractivity contribution in [1.82, 2.24) is 4.98 Å². The Morgan fingerprint density at radius 1 is 1.30 bits per heavy atom. The minimum atomic E-state index is -0.984. The summed E-state index contributed by atoms with van der Waals surface area (Å²) in [6.07, 6.45) is 3.13. The maximum Gasteiger partial charge on any atom is 0.335 e. The topological polar surface area (TPSA) is 96.4 Å². The lowest BCUT2D eigenvalue weighted by Gasteiger charge is -2.13. The number of halogens is 1. The van der Waals surface area contributed by atoms with Gasteiger partial charge in [0.25, 0.3) is 0 Å². The molecule has 4 rings (SSSR count). The van der Waals surface area contributed by atoms with Gasteiger partial charge in [0.15, 0.2) is 0 Å². The van der Waals surface area contributed by atoms with E-state index >= 15 is 0 Å². The molecule has 30 heavy (non-hydrogen) atoms. The molecular weight excluding hydrogens is 515 g/mol. The Kier molecular flexibility index (Phi) is 5.83. The number of thiophene rings is 1. The van der Waals surface area contributed by atoms with Crippen LogP contribution in [0.4, 0.5) is 0 Å². The summed E-state index contributed by atoms with van der Waals surface area (Å²) in [5.41, 5.74) is 3.46. The first-order valence-electron chi connectivity index (χ1n) is 8.73. The van der Waals surface area contributed by atoms with Crippen LogP contribution in [0.3, 0.4) is 0 Å². The Morgan fingerprint density at radius 2 is 2.17 bits per heavy atom. The van der Waals surface area contributed by atoms with E-state index in [-0.39, 0.29) is 18.1 Å². The number of aromatic carboxylic acids is 1. The molecule has 8 heteroatoms. The van der Waals surface area contributed by atoms with Crippen LogP contribution >= 0.6 is 33.9 Å². The molecule has 3 aromatic heterocycles. The predicted octanol–water partition coefficient (Wildman–Crippen LogP) is 5.82. The Bertz CT molecular complexity index is 1250. The number of carbonyl (C=O) groups is 1. The van der Waals surface area contributed by atoms with Gasteiger partial charge in [-0.1, -0.05) is 12.1 Å². The van der Waals surface area contributed by atoms with Crippen LogP contribution in [0.1, 0.15) is 21.5 Å². The maximum atomic E-state index is 11.1. The van der Waals surface area contributed by atoms with Gasteiger partial charge in [-0.05, 0) is 58.3 Å². The average Bonchev–Trinajstić information content (AvgIpc) is 3.46. The van der Waals surface area contributed by atoms with Crippen molar-refractivity contribution in [1.29, 1.82) is 5.26 Å². The third-order valence-corrected chi connectivity index (χ3v) is 6.26. The van der Waals surface area contributed by atoms with E-state index in [0.717, 1.165) is 19.6 Å². The summed E-state index contributed by atoms with van der Waals surface area (Å²) in [5, 5.41) is 20.9. The largest absolute Gasteiger partial charge is 0.478 e. The number of pyridine rings is 1. The molecule has 0 spiro atoms. The van der Waals surface area contributed by atoms with E-state index in [2.05, 4.69) is 33.6 Å². The first kappa shape index (κ1) is 20.1. The van der Waals surface area contributed by atoms with Crippen LogP contribution in [0, 0.1) is 14.9 Å². The number of benzene rings is 1. The van der Waals surface area contributed by atoms with Gasteiger partial charge in [-0.15, -0.1) is 11.3 Å². The highest BCUT2D eigenvalue weighted by molar-refractivity contribution is 14.1. The van der Waals surface area contributed by atoms with Crippen LogP contribution in [0.15, 0.2) is 64.8 Å². The molecular formula is C22H13IN2O4S. The SMILES string of the molecule is N#Cc1c(-c2ccoc2)cc(-c2cccs2)nc1OCc1ccc(C(=O)O)cc1I. The molecule has 0 fully saturated rings. The molecule has 0 atom stereocenters. The molecule has 0 amide bonds. The Labute approximate surface area is 189 Å². The standard InChI is InChI=1S/C22H13IN2O4S/c23-18-8-13(22(26)27)3-4-15(18)12-29-21-17(10-24)16(14-5-6-28-11-14)9-19(25-21)20-2-1-7-30-20/h1-9,11H,12H2,(H,26,27). The molecule has 6 nitrogen and oxygen atoms in total. The lowest BCUT2D eigenvalue weighted by Crippen LogP contribution is -2.05. The Morgan fingerprint density at radius 3 is 2.80 bits per heavy atom. The lowest BCUT2D eigenvalue weighted by molar-refractivity contribution is 0.0696. The van der Waals surface area contributed by atoms with Crippen LogP contribution < -0.4 is 4.74 Å². The molecule has 0 unspecified atom stereocenters. The number of aromatic nitrogens is 1. The first-order chi connectivity index (χ1) is 14.6. The molecule has 0 saturated heterocycles. The molecule has 0 bridgehead atoms. The van der Waals surface area contributed by atoms with Crippen molar-refractivity contribution in [3.05, 3.63) is 80.6 Å². The average molecular weight is 528 g/mol. The number of carboxylic acids is 1. The minimum absolute atomic E-state index is 0.151. The fourth-order valence-corrected chi connectivity index (χ4v) is 4.23. The summed E-state index contributed by atoms with van der Waals surface area (Å²) in [6, 6.07) is 14.5. The van der Waals surface area contributed by atoms with Crippen molar-refractivity contribution >= 4 is 39.9 Å². The van der Waals surface area contributed by atoms with Gasteiger partial charge in [-0.3, -0.25) is 0 Å². The molecule has 0 aliphatic heterocycles. The first-order valence-corrected chi connectivity index (χ1v) is 10.7. The van der Waals surface area contributed by atoms with Gasteiger partial charge in [0.1, 0.15) is 18.2 Å². The zero-order valence-corrected chi connectivity index (χ0v) is 18.3. The van der Waals surface area contributed by atoms with E-state index in [1.165, 1.54) is 6.07 Å². The van der Waals surface area contributed by atoms with Gasteiger partial charge in [-0.2, -0.15) is 5.26 Å². The van der Waals surface area contributed by atoms with Crippen LogP contribution in [0.2, 0.25) is 0 Å². The monoisotopic (exact) mass is 528 g/mol. The summed E-state index contributed by atoms with van der Waals surface area (Å²) in [5.74, 6) is -0.764. The molecule has 4 aromatic rings. The molecule has 0 aliphatic carbocycles. The van der Waals surface area contributed by atoms with Crippen LogP contribution in [0.5, 0.6) is 5.88 Å². The van der Waals surface area contributed by atoms with E-state index < -0.39 is 5.97 Å². The van der Waals surface area contributed by atoms with Crippen molar-refractivity contribution in [2.45, 2.75) is 6.61 Å². The van der Waals surface area contributed by atoms with E-state index in [1.54, 1.807) is 42.1 Å². The third-order valence-electron chi connectivity index (χ3n) is 4.37. The molecule has 3 heterocycles. The van der Waals surface area contributed by atoms with E-state index in [0.29, 0.717) is 16.8 Å². The van der Waals surface area contributed by atoms with Gasteiger partial charge >= 0.3 is 5.97 Å². The molecule has 0 saturated carbocycles. The minimum Gasteiger partial charge on any atom is -0.478 e. The number of hydrogen-bond donors (Lipinski definition) is 1. The van der Waals surface area contributed by atoms with Gasteiger partial charge < -0.3 is 14.3 Å². The third kappa shape index (κ3) is 4.08. The zero-order chi connectivity index (χ0) is 21.1. The van der Waals surface area contributed by atoms with Crippen molar-refractivity contribution in [3.8, 4) is 33.6 Å². The van der Waals surface area contributed by atoms with E-state index in [1.807, 2.05) is 23.6 Å². The number of nitriles is 1. The van der Waals surface area contributed by atoms with Gasteiger partial charge in [0.2, 0.25) is 5.88 Å². The summed E-state index contributed by atoms with van der Waals surface area (Å²) in [6.45, 7) is 0.151. The smallest absolute Gasteiger partial charge is 0.335 e. The molecule has 148 valence electrons. The number of rotatable bonds is 6. The summed E-state index contributed by atoms with van der Waals surface area (Å²) >= 11 is 3.62. The number of hydrogen-bond acceptors (Lipinski definition) is 6. The second-order valence-electron chi connectivity index (χ2n) is 6.24. The van der Waals surface area contributed by atoms with E-state index in [4.69, 9.17) is 14.3 Å². The summed E-state index contributed by atoms with van der Waals surface area (Å²) < 4.78 is 11.9. The van der Waals surface area contributed by atoms with Gasteiger partial charge in [-0.25, -0.2) is 9.78 Å². The van der Waals surface area contributed by atoms with Crippen LogP contribution in [0.25, 0.3) is 21.7 Å². The van der Waals surface area contributed by atoms with Gasteiger partial charge in [0.05, 0.1) is 28.7 Å². The fraction of sp³-hybridized carbons (Fsp3) is 0.0455. The quantitative estimate of drug-likeness (QED) is 0.317. The van der Waals surface area contributed by atoms with Crippen molar-refractivity contribution in [2.75, 3.05) is 0 Å². The number of nitrogens with zero attached hydrogens (tertiary/aromatic N) is 2. The second-order valence-corrected chi connectivity index (χ2v) is 8.35. The van der Waals surface area contributed by atoms with E-state index in [9.17, 15) is 10.1 Å². The molecule has 0 aliphatic rings. The number of ether oxygens (including phenoxy) is 1. The predicted molar refractivity (Wildman–Crippen MR) is 120 cm³/mol. The second kappa shape index (κ2) is 8.69. The van der Waals surface area contributed by atoms with Crippen LogP contribution in [-0.2, 0) is 6.61 Å². The zero-order valence-electron chi connectivity index (χ0n) is 15.3. The van der Waals surface area contributed by atoms with Gasteiger partial charge in [0, 0.05) is 20.3 Å². The Balaban J connectivity index is 1.74. The highest BCUT2D eigenvalue weighted by Crippen LogP contribution is 2.35. The summed E-state index contributed by atoms with van der Waals surface area (Å²) in [4.78, 5) is 16.7. The molecule has 1 aromatic carbocycles. The maximum absolute atomic E-state index is 11.1. The highest BCUT2D eigenvalue weighted by Gasteiger charge is 2.18. The van der Waals surface area contributed by atoms with Crippen molar-refractivity contribution < 1.29 is 19.1 Å². The summed E-state index contributed by atoms with van der Waals surface area (Å²) in [7, 11) is 0. The highest BCUT2D eigenvalue weighted by atomic mass is 127. The molecule has 0 radical (unpaired) electrons. The Hall–Kier alpha value is -3.16. The molecule has 1 N–H and O–H groups in total. The van der Waals surface area contributed by atoms with Crippen molar-refractivity contribution in [2.24, 2.45) is 0 Å².